The number of carboxylic acid groups (broad SMARTS) is 1. The summed E-state index contributed by atoms with van der Waals surface area (Å²) in [6.45, 7) is 6.24. The maximum absolute atomic E-state index is 11.3. The molecular weight excluding hydrogens is 258 g/mol. The van der Waals surface area contributed by atoms with Gasteiger partial charge in [-0.2, -0.15) is 0 Å². The summed E-state index contributed by atoms with van der Waals surface area (Å²) in [6, 6.07) is 0. The van der Waals surface area contributed by atoms with Crippen LogP contribution >= 0.6 is 11.3 Å². The van der Waals surface area contributed by atoms with Crippen molar-refractivity contribution in [3.8, 4) is 0 Å². The topological polar surface area (TPSA) is 50.2 Å². The second-order valence-corrected chi connectivity index (χ2v) is 7.54. The smallest absolute Gasteiger partial charge is 0.347 e. The van der Waals surface area contributed by atoms with Gasteiger partial charge in [0.05, 0.1) is 10.7 Å². The van der Waals surface area contributed by atoms with Gasteiger partial charge in [-0.25, -0.2) is 9.78 Å². The largest absolute Gasteiger partial charge is 0.477 e. The Bertz CT molecular complexity index is 453. The molecule has 0 saturated heterocycles. The maximum Gasteiger partial charge on any atom is 0.347 e. The van der Waals surface area contributed by atoms with Gasteiger partial charge in [0, 0.05) is 5.41 Å². The van der Waals surface area contributed by atoms with E-state index in [1.54, 1.807) is 0 Å². The molecule has 0 spiro atoms. The number of thiazole rings is 1. The van der Waals surface area contributed by atoms with Crippen LogP contribution in [-0.4, -0.2) is 16.1 Å². The third-order valence-electron chi connectivity index (χ3n) is 3.80. The van der Waals surface area contributed by atoms with Crippen LogP contribution in [0.5, 0.6) is 0 Å². The molecular formula is C15H23NO2S. The van der Waals surface area contributed by atoms with E-state index in [-0.39, 0.29) is 5.41 Å². The van der Waals surface area contributed by atoms with Crippen LogP contribution in [0.1, 0.15) is 73.2 Å². The number of carboxylic acids is 1. The highest BCUT2D eigenvalue weighted by atomic mass is 32.1. The summed E-state index contributed by atoms with van der Waals surface area (Å²) in [5.74, 6) is -0.0455. The maximum atomic E-state index is 11.3. The van der Waals surface area contributed by atoms with Gasteiger partial charge in [-0.15, -0.1) is 11.3 Å². The Morgan fingerprint density at radius 2 is 2.00 bits per heavy atom. The first-order valence-corrected chi connectivity index (χ1v) is 7.93. The zero-order valence-corrected chi connectivity index (χ0v) is 12.8. The average molecular weight is 281 g/mol. The molecule has 0 amide bonds. The van der Waals surface area contributed by atoms with E-state index in [0.29, 0.717) is 4.88 Å². The summed E-state index contributed by atoms with van der Waals surface area (Å²) < 4.78 is 0. The first kappa shape index (κ1) is 14.5. The van der Waals surface area contributed by atoms with Crippen LogP contribution in [0.4, 0.5) is 0 Å². The number of aromatic nitrogens is 1. The Morgan fingerprint density at radius 3 is 2.53 bits per heavy atom. The van der Waals surface area contributed by atoms with Crippen LogP contribution in [0.15, 0.2) is 0 Å². The molecule has 1 aromatic heterocycles. The molecule has 0 radical (unpaired) electrons. The quantitative estimate of drug-likeness (QED) is 0.897. The molecule has 1 saturated carbocycles. The fourth-order valence-corrected chi connectivity index (χ4v) is 3.66. The Labute approximate surface area is 119 Å². The molecule has 1 N–H and O–H groups in total. The number of hydrogen-bond acceptors (Lipinski definition) is 3. The molecule has 0 unspecified atom stereocenters. The Balaban J connectivity index is 2.13. The zero-order valence-electron chi connectivity index (χ0n) is 12.0. The minimum absolute atomic E-state index is 0.0690. The molecule has 3 nitrogen and oxygen atoms in total. The van der Waals surface area contributed by atoms with Gasteiger partial charge in [-0.3, -0.25) is 0 Å². The van der Waals surface area contributed by atoms with Gasteiger partial charge in [0.2, 0.25) is 0 Å². The second kappa shape index (κ2) is 5.61. The molecule has 4 heteroatoms. The highest BCUT2D eigenvalue weighted by molar-refractivity contribution is 7.13. The number of carbonyl (C=O) groups is 1. The predicted octanol–water partition coefficient (Wildman–Crippen LogP) is 4.26. The second-order valence-electron chi connectivity index (χ2n) is 6.54. The normalized spacial score (nSPS) is 17.0. The number of nitrogens with zero attached hydrogens (tertiary/aromatic N) is 1. The molecule has 1 aliphatic carbocycles. The van der Waals surface area contributed by atoms with E-state index in [2.05, 4.69) is 25.8 Å². The van der Waals surface area contributed by atoms with Gasteiger partial charge in [0.15, 0.2) is 0 Å². The lowest BCUT2D eigenvalue weighted by molar-refractivity contribution is 0.0700. The Hall–Kier alpha value is -0.900. The molecule has 1 heterocycles. The highest BCUT2D eigenvalue weighted by Gasteiger charge is 2.25. The third kappa shape index (κ3) is 3.56. The highest BCUT2D eigenvalue weighted by Crippen LogP contribution is 2.32. The van der Waals surface area contributed by atoms with Gasteiger partial charge in [-0.1, -0.05) is 46.5 Å². The summed E-state index contributed by atoms with van der Waals surface area (Å²) >= 11 is 1.35. The van der Waals surface area contributed by atoms with Crippen LogP contribution in [0.25, 0.3) is 0 Å². The van der Waals surface area contributed by atoms with Crippen molar-refractivity contribution in [2.75, 3.05) is 0 Å². The summed E-state index contributed by atoms with van der Waals surface area (Å²) in [4.78, 5) is 16.4. The molecule has 0 aliphatic heterocycles. The van der Waals surface area contributed by atoms with Crippen molar-refractivity contribution in [3.05, 3.63) is 15.6 Å². The van der Waals surface area contributed by atoms with Crippen LogP contribution < -0.4 is 0 Å². The fraction of sp³-hybridized carbons (Fsp3) is 0.733. The van der Waals surface area contributed by atoms with E-state index in [9.17, 15) is 9.90 Å². The number of aryl methyl sites for hydroxylation is 1. The fourth-order valence-electron chi connectivity index (χ4n) is 2.65. The van der Waals surface area contributed by atoms with Gasteiger partial charge >= 0.3 is 5.97 Å². The van der Waals surface area contributed by atoms with Gasteiger partial charge < -0.3 is 5.11 Å². The minimum Gasteiger partial charge on any atom is -0.477 e. The summed E-state index contributed by atoms with van der Waals surface area (Å²) in [7, 11) is 0. The Morgan fingerprint density at radius 1 is 1.37 bits per heavy atom. The molecule has 1 aromatic rings. The monoisotopic (exact) mass is 281 g/mol. The van der Waals surface area contributed by atoms with E-state index in [0.717, 1.165) is 29.5 Å². The Kier molecular flexibility index (Phi) is 4.29. The molecule has 19 heavy (non-hydrogen) atoms. The van der Waals surface area contributed by atoms with E-state index < -0.39 is 5.97 Å². The summed E-state index contributed by atoms with van der Waals surface area (Å²) in [5.41, 5.74) is 0.731. The molecule has 0 bridgehead atoms. The van der Waals surface area contributed by atoms with Gasteiger partial charge in [0.1, 0.15) is 4.88 Å². The third-order valence-corrected chi connectivity index (χ3v) is 5.31. The van der Waals surface area contributed by atoms with E-state index >= 15 is 0 Å². The first-order valence-electron chi connectivity index (χ1n) is 7.11. The number of aromatic carboxylic acids is 1. The van der Waals surface area contributed by atoms with Crippen LogP contribution in [-0.2, 0) is 11.8 Å². The average Bonchev–Trinajstić information content (AvgIpc) is 2.94. The summed E-state index contributed by atoms with van der Waals surface area (Å²) in [5, 5.41) is 10.2. The first-order chi connectivity index (χ1) is 8.88. The van der Waals surface area contributed by atoms with Crippen LogP contribution in [0.3, 0.4) is 0 Å². The van der Waals surface area contributed by atoms with Gasteiger partial charge in [0.25, 0.3) is 0 Å². The SMILES string of the molecule is CC(C)(C)c1nc(CCC2CCCC2)c(C(=O)O)s1. The van der Waals surface area contributed by atoms with Crippen LogP contribution in [0.2, 0.25) is 0 Å². The summed E-state index contributed by atoms with van der Waals surface area (Å²) in [6.07, 6.45) is 7.19. The molecule has 0 atom stereocenters. The van der Waals surface area contributed by atoms with Crippen LogP contribution in [0, 0.1) is 5.92 Å². The van der Waals surface area contributed by atoms with Crippen molar-refractivity contribution in [1.29, 1.82) is 0 Å². The minimum atomic E-state index is -0.825. The van der Waals surface area contributed by atoms with Crippen molar-refractivity contribution in [2.45, 2.75) is 64.7 Å². The number of rotatable bonds is 4. The lowest BCUT2D eigenvalue weighted by Crippen LogP contribution is -2.10. The lowest BCUT2D eigenvalue weighted by atomic mass is 9.98. The van der Waals surface area contributed by atoms with Crippen molar-refractivity contribution >= 4 is 17.3 Å². The predicted molar refractivity (Wildman–Crippen MR) is 78.1 cm³/mol. The molecule has 2 rings (SSSR count). The lowest BCUT2D eigenvalue weighted by Gasteiger charge is -2.13. The molecule has 106 valence electrons. The molecule has 0 aromatic carbocycles. The molecule has 1 aliphatic rings. The van der Waals surface area contributed by atoms with Crippen molar-refractivity contribution in [3.63, 3.8) is 0 Å². The van der Waals surface area contributed by atoms with E-state index in [4.69, 9.17) is 0 Å². The van der Waals surface area contributed by atoms with Gasteiger partial charge in [-0.05, 0) is 18.8 Å². The van der Waals surface area contributed by atoms with E-state index in [1.165, 1.54) is 37.0 Å². The molecule has 1 fully saturated rings. The van der Waals surface area contributed by atoms with Crippen molar-refractivity contribution in [1.82, 2.24) is 4.98 Å². The standard InChI is InChI=1S/C15H23NO2S/c1-15(2,3)14-16-11(12(19-14)13(17)18)9-8-10-6-4-5-7-10/h10H,4-9H2,1-3H3,(H,17,18). The van der Waals surface area contributed by atoms with Crippen molar-refractivity contribution in [2.24, 2.45) is 5.92 Å². The van der Waals surface area contributed by atoms with Crippen molar-refractivity contribution < 1.29 is 9.90 Å². The zero-order chi connectivity index (χ0) is 14.0. The van der Waals surface area contributed by atoms with E-state index in [1.807, 2.05) is 0 Å². The number of hydrogen-bond donors (Lipinski definition) is 1.